The highest BCUT2D eigenvalue weighted by Crippen LogP contribution is 2.25. The molecule has 1 saturated heterocycles. The number of nitrogens with zero attached hydrogens (tertiary/aromatic N) is 2. The highest BCUT2D eigenvalue weighted by molar-refractivity contribution is 5.21. The largest absolute Gasteiger partial charge is 0.314 e. The topological polar surface area (TPSA) is 28.2 Å². The van der Waals surface area contributed by atoms with Crippen LogP contribution in [0.15, 0.2) is 18.5 Å². The molecular weight excluding hydrogens is 234 g/mol. The molecular formula is C16H27N3. The first-order chi connectivity index (χ1) is 9.13. The average molecular weight is 261 g/mol. The Morgan fingerprint density at radius 2 is 2.21 bits per heavy atom. The smallest absolute Gasteiger partial charge is 0.0300 e. The second-order valence-electron chi connectivity index (χ2n) is 5.83. The third kappa shape index (κ3) is 3.34. The zero-order valence-corrected chi connectivity index (χ0v) is 12.7. The number of aromatic nitrogens is 1. The van der Waals surface area contributed by atoms with Crippen molar-refractivity contribution in [2.24, 2.45) is 5.92 Å². The van der Waals surface area contributed by atoms with E-state index in [1.54, 1.807) is 0 Å². The van der Waals surface area contributed by atoms with Crippen LogP contribution < -0.4 is 5.32 Å². The summed E-state index contributed by atoms with van der Waals surface area (Å²) in [7, 11) is 0. The van der Waals surface area contributed by atoms with Gasteiger partial charge < -0.3 is 5.32 Å². The van der Waals surface area contributed by atoms with Crippen molar-refractivity contribution < 1.29 is 0 Å². The molecule has 3 nitrogen and oxygen atoms in total. The fourth-order valence-electron chi connectivity index (χ4n) is 3.11. The molecule has 1 aliphatic rings. The van der Waals surface area contributed by atoms with Gasteiger partial charge in [0.1, 0.15) is 0 Å². The molecule has 0 amide bonds. The molecule has 3 atom stereocenters. The van der Waals surface area contributed by atoms with E-state index >= 15 is 0 Å². The lowest BCUT2D eigenvalue weighted by Crippen LogP contribution is -2.52. The number of aryl methyl sites for hydroxylation is 1. The van der Waals surface area contributed by atoms with E-state index in [1.165, 1.54) is 24.1 Å². The first kappa shape index (κ1) is 14.5. The van der Waals surface area contributed by atoms with Crippen LogP contribution in [0.25, 0.3) is 0 Å². The maximum atomic E-state index is 4.18. The third-order valence-electron chi connectivity index (χ3n) is 4.68. The van der Waals surface area contributed by atoms with E-state index in [0.717, 1.165) is 13.1 Å². The second-order valence-corrected chi connectivity index (χ2v) is 5.83. The predicted octanol–water partition coefficient (Wildman–Crippen LogP) is 2.60. The standard InChI is InChI=1S/C16H27N3/c1-5-18-16-7-9-19(14(4)13(16)3)11-15-6-8-17-10-12(15)2/h6,8,10,13-14,16,18H,5,7,9,11H2,1-4H3. The number of nitrogens with one attached hydrogen (secondary N) is 1. The molecule has 3 heteroatoms. The SMILES string of the molecule is CCNC1CCN(Cc2ccncc2C)C(C)C1C. The molecule has 0 spiro atoms. The van der Waals surface area contributed by atoms with Gasteiger partial charge in [-0.15, -0.1) is 0 Å². The Morgan fingerprint density at radius 3 is 2.89 bits per heavy atom. The summed E-state index contributed by atoms with van der Waals surface area (Å²) in [6.07, 6.45) is 5.13. The number of piperidine rings is 1. The molecule has 1 aliphatic heterocycles. The van der Waals surface area contributed by atoms with Gasteiger partial charge in [-0.2, -0.15) is 0 Å². The molecule has 1 aromatic heterocycles. The molecule has 2 rings (SSSR count). The van der Waals surface area contributed by atoms with E-state index in [0.29, 0.717) is 18.0 Å². The summed E-state index contributed by atoms with van der Waals surface area (Å²) in [6.45, 7) is 12.4. The zero-order chi connectivity index (χ0) is 13.8. The van der Waals surface area contributed by atoms with Gasteiger partial charge >= 0.3 is 0 Å². The molecule has 2 heterocycles. The Balaban J connectivity index is 2.01. The van der Waals surface area contributed by atoms with Crippen molar-refractivity contribution in [2.75, 3.05) is 13.1 Å². The Morgan fingerprint density at radius 1 is 1.42 bits per heavy atom. The van der Waals surface area contributed by atoms with Crippen LogP contribution in [0.4, 0.5) is 0 Å². The monoisotopic (exact) mass is 261 g/mol. The lowest BCUT2D eigenvalue weighted by Gasteiger charge is -2.43. The van der Waals surface area contributed by atoms with Gasteiger partial charge in [-0.25, -0.2) is 0 Å². The molecule has 1 aromatic rings. The highest BCUT2D eigenvalue weighted by atomic mass is 15.2. The molecule has 1 N–H and O–H groups in total. The van der Waals surface area contributed by atoms with Gasteiger partial charge in [0.25, 0.3) is 0 Å². The van der Waals surface area contributed by atoms with Gasteiger partial charge in [-0.1, -0.05) is 13.8 Å². The molecule has 1 fully saturated rings. The minimum Gasteiger partial charge on any atom is -0.314 e. The molecule has 0 aliphatic carbocycles. The van der Waals surface area contributed by atoms with Crippen LogP contribution in [0.5, 0.6) is 0 Å². The van der Waals surface area contributed by atoms with Gasteiger partial charge in [0.2, 0.25) is 0 Å². The minimum absolute atomic E-state index is 0.630. The van der Waals surface area contributed by atoms with Gasteiger partial charge in [-0.3, -0.25) is 9.88 Å². The van der Waals surface area contributed by atoms with Gasteiger partial charge in [0.05, 0.1) is 0 Å². The number of rotatable bonds is 4. The summed E-state index contributed by atoms with van der Waals surface area (Å²) in [5.74, 6) is 0.704. The van der Waals surface area contributed by atoms with Crippen LogP contribution in [0.1, 0.15) is 38.3 Å². The number of hydrogen-bond acceptors (Lipinski definition) is 3. The van der Waals surface area contributed by atoms with E-state index in [1.807, 2.05) is 12.4 Å². The van der Waals surface area contributed by atoms with Crippen molar-refractivity contribution >= 4 is 0 Å². The lowest BCUT2D eigenvalue weighted by atomic mass is 9.86. The normalized spacial score (nSPS) is 28.5. The van der Waals surface area contributed by atoms with Crippen molar-refractivity contribution in [3.63, 3.8) is 0 Å². The maximum Gasteiger partial charge on any atom is 0.0300 e. The number of hydrogen-bond donors (Lipinski definition) is 1. The predicted molar refractivity (Wildman–Crippen MR) is 80.1 cm³/mol. The Labute approximate surface area is 117 Å². The first-order valence-corrected chi connectivity index (χ1v) is 7.50. The fourth-order valence-corrected chi connectivity index (χ4v) is 3.11. The van der Waals surface area contributed by atoms with Crippen LogP contribution in [0, 0.1) is 12.8 Å². The molecule has 3 unspecified atom stereocenters. The number of pyridine rings is 1. The van der Waals surface area contributed by atoms with Crippen LogP contribution in [-0.2, 0) is 6.54 Å². The van der Waals surface area contributed by atoms with Crippen LogP contribution >= 0.6 is 0 Å². The van der Waals surface area contributed by atoms with Crippen molar-refractivity contribution in [1.82, 2.24) is 15.2 Å². The number of likely N-dealkylation sites (tertiary alicyclic amines) is 1. The quantitative estimate of drug-likeness (QED) is 0.903. The van der Waals surface area contributed by atoms with Gasteiger partial charge in [-0.05, 0) is 49.9 Å². The average Bonchev–Trinajstić information content (AvgIpc) is 2.41. The third-order valence-corrected chi connectivity index (χ3v) is 4.68. The maximum absolute atomic E-state index is 4.18. The summed E-state index contributed by atoms with van der Waals surface area (Å²) in [4.78, 5) is 6.79. The Bertz CT molecular complexity index is 405. The molecule has 0 saturated carbocycles. The molecule has 19 heavy (non-hydrogen) atoms. The van der Waals surface area contributed by atoms with E-state index in [2.05, 4.69) is 49.0 Å². The summed E-state index contributed by atoms with van der Waals surface area (Å²) in [6, 6.07) is 3.46. The van der Waals surface area contributed by atoms with Crippen LogP contribution in [-0.4, -0.2) is 35.1 Å². The van der Waals surface area contributed by atoms with Gasteiger partial charge in [0, 0.05) is 37.6 Å². The van der Waals surface area contributed by atoms with Crippen LogP contribution in [0.3, 0.4) is 0 Å². The molecule has 106 valence electrons. The summed E-state index contributed by atoms with van der Waals surface area (Å²) < 4.78 is 0. The summed E-state index contributed by atoms with van der Waals surface area (Å²) in [5.41, 5.74) is 2.71. The minimum atomic E-state index is 0.630. The molecule has 0 radical (unpaired) electrons. The second kappa shape index (κ2) is 6.49. The van der Waals surface area contributed by atoms with E-state index in [4.69, 9.17) is 0 Å². The highest BCUT2D eigenvalue weighted by Gasteiger charge is 2.31. The Hall–Kier alpha value is -0.930. The van der Waals surface area contributed by atoms with Crippen molar-refractivity contribution in [2.45, 2.75) is 52.7 Å². The lowest BCUT2D eigenvalue weighted by molar-refractivity contribution is 0.0788. The van der Waals surface area contributed by atoms with Crippen LogP contribution in [0.2, 0.25) is 0 Å². The zero-order valence-electron chi connectivity index (χ0n) is 12.7. The summed E-state index contributed by atoms with van der Waals surface area (Å²) in [5, 5.41) is 3.62. The van der Waals surface area contributed by atoms with Gasteiger partial charge in [0.15, 0.2) is 0 Å². The van der Waals surface area contributed by atoms with E-state index in [-0.39, 0.29) is 0 Å². The van der Waals surface area contributed by atoms with Crippen molar-refractivity contribution in [1.29, 1.82) is 0 Å². The van der Waals surface area contributed by atoms with Crippen molar-refractivity contribution in [3.8, 4) is 0 Å². The fraction of sp³-hybridized carbons (Fsp3) is 0.688. The molecule has 0 bridgehead atoms. The first-order valence-electron chi connectivity index (χ1n) is 7.50. The van der Waals surface area contributed by atoms with Crippen molar-refractivity contribution in [3.05, 3.63) is 29.6 Å². The van der Waals surface area contributed by atoms with E-state index in [9.17, 15) is 0 Å². The molecule has 0 aromatic carbocycles. The Kier molecular flexibility index (Phi) is 4.94. The summed E-state index contributed by atoms with van der Waals surface area (Å²) >= 11 is 0. The van der Waals surface area contributed by atoms with E-state index < -0.39 is 0 Å².